The highest BCUT2D eigenvalue weighted by molar-refractivity contribution is 5.70. The van der Waals surface area contributed by atoms with Gasteiger partial charge in [-0.05, 0) is 33.6 Å². The zero-order valence-corrected chi connectivity index (χ0v) is 10.0. The van der Waals surface area contributed by atoms with Crippen LogP contribution in [0, 0.1) is 0 Å². The molecule has 0 radical (unpaired) electrons. The molecule has 0 unspecified atom stereocenters. The molecule has 1 heterocycles. The molecule has 0 N–H and O–H groups in total. The van der Waals surface area contributed by atoms with Crippen molar-refractivity contribution in [2.75, 3.05) is 6.61 Å². The third-order valence-corrected chi connectivity index (χ3v) is 2.34. The first kappa shape index (κ1) is 12.5. The monoisotopic (exact) mass is 214 g/mol. The summed E-state index contributed by atoms with van der Waals surface area (Å²) >= 11 is 0. The van der Waals surface area contributed by atoms with E-state index in [2.05, 4.69) is 0 Å². The van der Waals surface area contributed by atoms with Gasteiger partial charge in [-0.3, -0.25) is 4.79 Å². The molecule has 0 amide bonds. The van der Waals surface area contributed by atoms with Crippen molar-refractivity contribution in [1.82, 2.24) is 0 Å². The summed E-state index contributed by atoms with van der Waals surface area (Å²) in [6, 6.07) is 0. The van der Waals surface area contributed by atoms with E-state index in [4.69, 9.17) is 9.47 Å². The maximum atomic E-state index is 11.5. The molecule has 1 atom stereocenters. The summed E-state index contributed by atoms with van der Waals surface area (Å²) in [4.78, 5) is 11.5. The number of carbonyl (C=O) groups is 1. The number of ether oxygens (including phenoxy) is 2. The van der Waals surface area contributed by atoms with Crippen LogP contribution in [0.25, 0.3) is 0 Å². The van der Waals surface area contributed by atoms with Gasteiger partial charge in [-0.25, -0.2) is 0 Å². The van der Waals surface area contributed by atoms with Crippen molar-refractivity contribution in [2.45, 2.75) is 64.6 Å². The topological polar surface area (TPSA) is 35.5 Å². The van der Waals surface area contributed by atoms with E-state index >= 15 is 0 Å². The Hall–Kier alpha value is -0.570. The van der Waals surface area contributed by atoms with Crippen molar-refractivity contribution in [3.8, 4) is 0 Å². The zero-order chi connectivity index (χ0) is 11.3. The lowest BCUT2D eigenvalue weighted by Crippen LogP contribution is -2.27. The van der Waals surface area contributed by atoms with Crippen LogP contribution in [0.5, 0.6) is 0 Å². The van der Waals surface area contributed by atoms with Crippen LogP contribution >= 0.6 is 0 Å². The first-order valence-electron chi connectivity index (χ1n) is 5.81. The molecule has 0 spiro atoms. The number of hydrogen-bond donors (Lipinski definition) is 0. The molecule has 0 aromatic heterocycles. The average molecular weight is 214 g/mol. The second-order valence-electron chi connectivity index (χ2n) is 5.13. The van der Waals surface area contributed by atoms with Crippen LogP contribution in [0.3, 0.4) is 0 Å². The minimum atomic E-state index is -0.387. The molecule has 0 bridgehead atoms. The molecule has 0 aliphatic carbocycles. The third-order valence-electron chi connectivity index (χ3n) is 2.34. The fourth-order valence-corrected chi connectivity index (χ4v) is 1.71. The highest BCUT2D eigenvalue weighted by Gasteiger charge is 2.21. The Morgan fingerprint density at radius 3 is 2.73 bits per heavy atom. The van der Waals surface area contributed by atoms with Crippen LogP contribution in [0.2, 0.25) is 0 Å². The van der Waals surface area contributed by atoms with E-state index in [0.717, 1.165) is 25.9 Å². The van der Waals surface area contributed by atoms with Crippen LogP contribution < -0.4 is 0 Å². The molecular weight excluding hydrogens is 192 g/mol. The van der Waals surface area contributed by atoms with Gasteiger partial charge in [0.05, 0.1) is 12.5 Å². The summed E-state index contributed by atoms with van der Waals surface area (Å²) in [5, 5.41) is 0. The average Bonchev–Trinajstić information content (AvgIpc) is 2.28. The van der Waals surface area contributed by atoms with E-state index < -0.39 is 0 Å². The van der Waals surface area contributed by atoms with Crippen molar-refractivity contribution < 1.29 is 14.3 Å². The van der Waals surface area contributed by atoms with Crippen LogP contribution in [0.15, 0.2) is 0 Å². The van der Waals surface area contributed by atoms with E-state index in [0.29, 0.717) is 6.42 Å². The molecule has 88 valence electrons. The minimum absolute atomic E-state index is 0.0716. The molecule has 3 heteroatoms. The van der Waals surface area contributed by atoms with E-state index in [-0.39, 0.29) is 17.7 Å². The lowest BCUT2D eigenvalue weighted by molar-refractivity contribution is -0.158. The van der Waals surface area contributed by atoms with E-state index in [1.54, 1.807) is 0 Å². The number of carbonyl (C=O) groups excluding carboxylic acids is 1. The lowest BCUT2D eigenvalue weighted by Gasteiger charge is -2.21. The summed E-state index contributed by atoms with van der Waals surface area (Å²) in [5.74, 6) is -0.144. The maximum absolute atomic E-state index is 11.5. The Balaban J connectivity index is 2.30. The van der Waals surface area contributed by atoms with Gasteiger partial charge in [-0.15, -0.1) is 0 Å². The normalized spacial score (nSPS) is 23.3. The second-order valence-corrected chi connectivity index (χ2v) is 5.13. The Labute approximate surface area is 92.1 Å². The van der Waals surface area contributed by atoms with Gasteiger partial charge in [0.2, 0.25) is 0 Å². The Morgan fingerprint density at radius 1 is 1.33 bits per heavy atom. The SMILES string of the molecule is CC(C)(C)OC(=O)C[C@H]1CCCCCO1. The highest BCUT2D eigenvalue weighted by atomic mass is 16.6. The molecular formula is C12H22O3. The number of rotatable bonds is 2. The zero-order valence-electron chi connectivity index (χ0n) is 10.0. The van der Waals surface area contributed by atoms with Gasteiger partial charge in [0.1, 0.15) is 5.60 Å². The van der Waals surface area contributed by atoms with Crippen molar-refractivity contribution in [3.05, 3.63) is 0 Å². The van der Waals surface area contributed by atoms with Gasteiger partial charge in [-0.2, -0.15) is 0 Å². The summed E-state index contributed by atoms with van der Waals surface area (Å²) in [6.07, 6.45) is 4.95. The summed E-state index contributed by atoms with van der Waals surface area (Å²) in [6.45, 7) is 6.45. The second kappa shape index (κ2) is 5.50. The Morgan fingerprint density at radius 2 is 2.07 bits per heavy atom. The number of hydrogen-bond acceptors (Lipinski definition) is 3. The molecule has 3 nitrogen and oxygen atoms in total. The summed E-state index contributed by atoms with van der Waals surface area (Å²) in [5.41, 5.74) is -0.387. The van der Waals surface area contributed by atoms with Gasteiger partial charge in [0.15, 0.2) is 0 Å². The molecule has 0 aromatic carbocycles. The van der Waals surface area contributed by atoms with E-state index in [1.807, 2.05) is 20.8 Å². The minimum Gasteiger partial charge on any atom is -0.460 e. The molecule has 0 aromatic rings. The fraction of sp³-hybridized carbons (Fsp3) is 0.917. The third kappa shape index (κ3) is 5.78. The lowest BCUT2D eigenvalue weighted by atomic mass is 10.1. The van der Waals surface area contributed by atoms with E-state index in [9.17, 15) is 4.79 Å². The predicted molar refractivity (Wildman–Crippen MR) is 58.7 cm³/mol. The fourth-order valence-electron chi connectivity index (χ4n) is 1.71. The van der Waals surface area contributed by atoms with Crippen LogP contribution in [0.4, 0.5) is 0 Å². The van der Waals surface area contributed by atoms with Crippen molar-refractivity contribution >= 4 is 5.97 Å². The maximum Gasteiger partial charge on any atom is 0.308 e. The molecule has 1 fully saturated rings. The molecule has 0 saturated carbocycles. The van der Waals surface area contributed by atoms with Crippen LogP contribution in [-0.2, 0) is 14.3 Å². The van der Waals surface area contributed by atoms with Crippen molar-refractivity contribution in [3.63, 3.8) is 0 Å². The molecule has 1 aliphatic rings. The number of esters is 1. The first-order chi connectivity index (χ1) is 6.97. The van der Waals surface area contributed by atoms with Gasteiger partial charge in [-0.1, -0.05) is 12.8 Å². The smallest absolute Gasteiger partial charge is 0.308 e. The van der Waals surface area contributed by atoms with Gasteiger partial charge >= 0.3 is 5.97 Å². The van der Waals surface area contributed by atoms with Crippen LogP contribution in [0.1, 0.15) is 52.9 Å². The quantitative estimate of drug-likeness (QED) is 0.663. The molecule has 1 aliphatic heterocycles. The Kier molecular flexibility index (Phi) is 4.58. The Bertz CT molecular complexity index is 197. The van der Waals surface area contributed by atoms with Crippen LogP contribution in [-0.4, -0.2) is 24.3 Å². The summed E-state index contributed by atoms with van der Waals surface area (Å²) < 4.78 is 10.8. The van der Waals surface area contributed by atoms with Gasteiger partial charge < -0.3 is 9.47 Å². The first-order valence-corrected chi connectivity index (χ1v) is 5.81. The highest BCUT2D eigenvalue weighted by Crippen LogP contribution is 2.17. The van der Waals surface area contributed by atoms with Crippen molar-refractivity contribution in [1.29, 1.82) is 0 Å². The molecule has 1 rings (SSSR count). The van der Waals surface area contributed by atoms with Gasteiger partial charge in [0.25, 0.3) is 0 Å². The van der Waals surface area contributed by atoms with Gasteiger partial charge in [0, 0.05) is 6.61 Å². The standard InChI is InChI=1S/C12H22O3/c1-12(2,3)15-11(13)9-10-7-5-4-6-8-14-10/h10H,4-9H2,1-3H3/t10-/m1/s1. The van der Waals surface area contributed by atoms with Crippen molar-refractivity contribution in [2.24, 2.45) is 0 Å². The molecule has 15 heavy (non-hydrogen) atoms. The largest absolute Gasteiger partial charge is 0.460 e. The van der Waals surface area contributed by atoms with E-state index in [1.165, 1.54) is 6.42 Å². The summed E-state index contributed by atoms with van der Waals surface area (Å²) in [7, 11) is 0. The predicted octanol–water partition coefficient (Wildman–Crippen LogP) is 2.68. The molecule has 1 saturated heterocycles.